The second-order valence-electron chi connectivity index (χ2n) is 8.04. The maximum absolute atomic E-state index is 12.5. The van der Waals surface area contributed by atoms with E-state index in [2.05, 4.69) is 13.8 Å². The van der Waals surface area contributed by atoms with Crippen LogP contribution in [-0.2, 0) is 23.9 Å². The zero-order chi connectivity index (χ0) is 18.8. The summed E-state index contributed by atoms with van der Waals surface area (Å²) >= 11 is 0. The lowest BCUT2D eigenvalue weighted by molar-refractivity contribution is -0.158. The number of rotatable bonds is 5. The van der Waals surface area contributed by atoms with Crippen LogP contribution in [0.5, 0.6) is 0 Å². The summed E-state index contributed by atoms with van der Waals surface area (Å²) in [6.07, 6.45) is 5.46. The van der Waals surface area contributed by atoms with E-state index < -0.39 is 5.41 Å². The lowest BCUT2D eigenvalue weighted by Crippen LogP contribution is -2.49. The summed E-state index contributed by atoms with van der Waals surface area (Å²) in [7, 11) is 1.39. The van der Waals surface area contributed by atoms with Crippen LogP contribution < -0.4 is 0 Å². The number of carbonyl (C=O) groups is 3. The van der Waals surface area contributed by atoms with E-state index in [1.54, 1.807) is 6.08 Å². The van der Waals surface area contributed by atoms with Crippen LogP contribution in [0.3, 0.4) is 0 Å². The summed E-state index contributed by atoms with van der Waals surface area (Å²) in [6, 6.07) is 0. The molecule has 0 aromatic heterocycles. The summed E-state index contributed by atoms with van der Waals surface area (Å²) in [5.41, 5.74) is 0.125. The van der Waals surface area contributed by atoms with Crippen LogP contribution in [0.2, 0.25) is 0 Å². The predicted molar refractivity (Wildman–Crippen MR) is 93.7 cm³/mol. The van der Waals surface area contributed by atoms with Gasteiger partial charge in [-0.2, -0.15) is 0 Å². The van der Waals surface area contributed by atoms with Gasteiger partial charge in [-0.05, 0) is 55.9 Å². The minimum Gasteiger partial charge on any atom is -0.469 e. The van der Waals surface area contributed by atoms with Gasteiger partial charge in [0.05, 0.1) is 19.1 Å². The van der Waals surface area contributed by atoms with Gasteiger partial charge in [-0.15, -0.1) is 0 Å². The highest BCUT2D eigenvalue weighted by Gasteiger charge is 2.54. The number of carbonyl (C=O) groups excluding carboxylic acids is 3. The van der Waals surface area contributed by atoms with E-state index in [9.17, 15) is 14.4 Å². The van der Waals surface area contributed by atoms with Gasteiger partial charge in [0.2, 0.25) is 0 Å². The first-order valence-corrected chi connectivity index (χ1v) is 9.12. The molecule has 0 aliphatic heterocycles. The number of ketones is 1. The Kier molecular flexibility index (Phi) is 5.75. The predicted octanol–water partition coefficient (Wildman–Crippen LogP) is 3.46. The van der Waals surface area contributed by atoms with Crippen molar-refractivity contribution in [3.05, 3.63) is 11.6 Å². The highest BCUT2D eigenvalue weighted by atomic mass is 16.5. The van der Waals surface area contributed by atoms with Crippen LogP contribution in [0.1, 0.15) is 59.8 Å². The summed E-state index contributed by atoms with van der Waals surface area (Å²) < 4.78 is 10.1. The van der Waals surface area contributed by atoms with E-state index in [0.29, 0.717) is 12.5 Å². The van der Waals surface area contributed by atoms with E-state index >= 15 is 0 Å². The molecule has 0 spiro atoms. The smallest absolute Gasteiger partial charge is 0.312 e. The molecule has 5 nitrogen and oxygen atoms in total. The molecule has 2 aliphatic carbocycles. The van der Waals surface area contributed by atoms with Crippen molar-refractivity contribution in [2.24, 2.45) is 22.7 Å². The second-order valence-corrected chi connectivity index (χ2v) is 8.04. The van der Waals surface area contributed by atoms with Gasteiger partial charge >= 0.3 is 11.9 Å². The SMILES string of the molecule is COC(=O)[C@@]1(C)CC(=O)C=C2[C@@H]1CCC(C)[C@]2(C)CCCOC(C)=O. The summed E-state index contributed by atoms with van der Waals surface area (Å²) in [5.74, 6) is -0.134. The topological polar surface area (TPSA) is 69.7 Å². The molecule has 0 saturated heterocycles. The molecule has 1 unspecified atom stereocenters. The standard InChI is InChI=1S/C20H30O5/c1-13-7-8-16-17(19(13,3)9-6-10-25-14(2)21)11-15(22)12-20(16,4)18(23)24-5/h11,13,16H,6-10,12H2,1-5H3/t13?,16-,19-,20-/m0/s1. The zero-order valence-electron chi connectivity index (χ0n) is 16.0. The Morgan fingerprint density at radius 2 is 1.96 bits per heavy atom. The van der Waals surface area contributed by atoms with Crippen molar-refractivity contribution >= 4 is 17.7 Å². The van der Waals surface area contributed by atoms with Gasteiger partial charge < -0.3 is 9.47 Å². The van der Waals surface area contributed by atoms with Crippen LogP contribution in [0.25, 0.3) is 0 Å². The van der Waals surface area contributed by atoms with E-state index in [1.807, 2.05) is 6.92 Å². The maximum atomic E-state index is 12.5. The van der Waals surface area contributed by atoms with Crippen LogP contribution >= 0.6 is 0 Å². The zero-order valence-corrected chi connectivity index (χ0v) is 16.0. The second kappa shape index (κ2) is 7.30. The Balaban J connectivity index is 2.29. The van der Waals surface area contributed by atoms with Crippen molar-refractivity contribution in [1.29, 1.82) is 0 Å². The lowest BCUT2D eigenvalue weighted by atomic mass is 9.51. The summed E-state index contributed by atoms with van der Waals surface area (Å²) in [6.45, 7) is 8.05. The number of methoxy groups -OCH3 is 1. The Bertz CT molecular complexity index is 593. The van der Waals surface area contributed by atoms with Crippen molar-refractivity contribution in [2.75, 3.05) is 13.7 Å². The van der Waals surface area contributed by atoms with Crippen LogP contribution in [0, 0.1) is 22.7 Å². The highest BCUT2D eigenvalue weighted by molar-refractivity contribution is 5.97. The average molecular weight is 350 g/mol. The Morgan fingerprint density at radius 1 is 1.28 bits per heavy atom. The van der Waals surface area contributed by atoms with E-state index in [0.717, 1.165) is 31.3 Å². The quantitative estimate of drug-likeness (QED) is 0.561. The Hall–Kier alpha value is -1.65. The molecule has 5 heteroatoms. The Labute approximate surface area is 150 Å². The van der Waals surface area contributed by atoms with E-state index in [1.165, 1.54) is 14.0 Å². The molecule has 4 atom stereocenters. The molecule has 2 aliphatic rings. The molecule has 0 amide bonds. The molecule has 0 aromatic carbocycles. The molecule has 0 heterocycles. The average Bonchev–Trinajstić information content (AvgIpc) is 2.54. The van der Waals surface area contributed by atoms with E-state index in [4.69, 9.17) is 9.47 Å². The van der Waals surface area contributed by atoms with E-state index in [-0.39, 0.29) is 35.5 Å². The fraction of sp³-hybridized carbons (Fsp3) is 0.750. The molecule has 140 valence electrons. The highest BCUT2D eigenvalue weighted by Crippen LogP contribution is 2.58. The molecule has 25 heavy (non-hydrogen) atoms. The van der Waals surface area contributed by atoms with Crippen molar-refractivity contribution in [3.8, 4) is 0 Å². The van der Waals surface area contributed by atoms with Gasteiger partial charge in [0, 0.05) is 13.3 Å². The monoisotopic (exact) mass is 350 g/mol. The first-order chi connectivity index (χ1) is 11.6. The van der Waals surface area contributed by atoms with Gasteiger partial charge in [-0.1, -0.05) is 19.4 Å². The normalized spacial score (nSPS) is 34.8. The molecule has 0 N–H and O–H groups in total. The number of hydrogen-bond acceptors (Lipinski definition) is 5. The lowest BCUT2D eigenvalue weighted by Gasteiger charge is -2.52. The Morgan fingerprint density at radius 3 is 2.56 bits per heavy atom. The molecule has 0 aromatic rings. The molecule has 2 rings (SSSR count). The fourth-order valence-electron chi connectivity index (χ4n) is 4.70. The fourth-order valence-corrected chi connectivity index (χ4v) is 4.70. The third kappa shape index (κ3) is 3.65. The summed E-state index contributed by atoms with van der Waals surface area (Å²) in [4.78, 5) is 35.8. The molecule has 0 bridgehead atoms. The number of hydrogen-bond donors (Lipinski definition) is 0. The minimum atomic E-state index is -0.785. The number of esters is 2. The van der Waals surface area contributed by atoms with Gasteiger partial charge in [0.1, 0.15) is 0 Å². The third-order valence-corrected chi connectivity index (χ3v) is 6.44. The molecule has 1 saturated carbocycles. The van der Waals surface area contributed by atoms with Gasteiger partial charge in [-0.25, -0.2) is 0 Å². The summed E-state index contributed by atoms with van der Waals surface area (Å²) in [5, 5.41) is 0. The van der Waals surface area contributed by atoms with Crippen LogP contribution in [0.15, 0.2) is 11.6 Å². The van der Waals surface area contributed by atoms with Crippen molar-refractivity contribution in [1.82, 2.24) is 0 Å². The maximum Gasteiger partial charge on any atom is 0.312 e. The van der Waals surface area contributed by atoms with Gasteiger partial charge in [-0.3, -0.25) is 14.4 Å². The van der Waals surface area contributed by atoms with Crippen LogP contribution in [0.4, 0.5) is 0 Å². The van der Waals surface area contributed by atoms with Crippen molar-refractivity contribution in [2.45, 2.75) is 59.8 Å². The minimum absolute atomic E-state index is 0.000499. The molecule has 1 fully saturated rings. The number of ether oxygens (including phenoxy) is 2. The van der Waals surface area contributed by atoms with Crippen LogP contribution in [-0.4, -0.2) is 31.4 Å². The van der Waals surface area contributed by atoms with Crippen molar-refractivity contribution in [3.63, 3.8) is 0 Å². The first-order valence-electron chi connectivity index (χ1n) is 9.12. The molecule has 0 radical (unpaired) electrons. The largest absolute Gasteiger partial charge is 0.469 e. The molecular formula is C20H30O5. The molecular weight excluding hydrogens is 320 g/mol. The first kappa shape index (κ1) is 19.7. The van der Waals surface area contributed by atoms with Crippen molar-refractivity contribution < 1.29 is 23.9 Å². The third-order valence-electron chi connectivity index (χ3n) is 6.44. The number of allylic oxidation sites excluding steroid dienone is 2. The number of fused-ring (bicyclic) bond motifs is 1. The van der Waals surface area contributed by atoms with Gasteiger partial charge in [0.15, 0.2) is 5.78 Å². The van der Waals surface area contributed by atoms with Gasteiger partial charge in [0.25, 0.3) is 0 Å².